The van der Waals surface area contributed by atoms with Crippen LogP contribution in [0.15, 0.2) is 54.6 Å². The number of likely N-dealkylation sites (N-methyl/N-ethyl adjacent to an activating group) is 1. The van der Waals surface area contributed by atoms with Crippen molar-refractivity contribution in [3.05, 3.63) is 65.7 Å². The van der Waals surface area contributed by atoms with Gasteiger partial charge < -0.3 is 101 Å². The molecule has 0 saturated heterocycles. The number of phenolic OH excluding ortho intramolecular Hbond substituents is 1. The molecule has 32 heteroatoms. The Hall–Kier alpha value is -9.17. The normalized spacial score (nSPS) is 13.6. The lowest BCUT2D eigenvalue weighted by Crippen LogP contribution is -2.60. The summed E-state index contributed by atoms with van der Waals surface area (Å²) >= 11 is 0. The van der Waals surface area contributed by atoms with Crippen molar-refractivity contribution >= 4 is 77.0 Å². The van der Waals surface area contributed by atoms with Crippen LogP contribution >= 0.6 is 0 Å². The van der Waals surface area contributed by atoms with Gasteiger partial charge in [0.25, 0.3) is 0 Å². The first kappa shape index (κ1) is 76.9. The summed E-state index contributed by atoms with van der Waals surface area (Å²) in [5.41, 5.74) is 22.6. The molecule has 32 nitrogen and oxygen atoms in total. The zero-order chi connectivity index (χ0) is 67.3. The van der Waals surface area contributed by atoms with E-state index in [1.807, 2.05) is 0 Å². The highest BCUT2D eigenvalue weighted by Crippen LogP contribution is 2.15. The van der Waals surface area contributed by atoms with Crippen LogP contribution in [0.1, 0.15) is 96.1 Å². The molecule has 0 fully saturated rings. The van der Waals surface area contributed by atoms with Gasteiger partial charge in [0.1, 0.15) is 54.1 Å². The van der Waals surface area contributed by atoms with Crippen LogP contribution in [0.25, 0.3) is 0 Å². The summed E-state index contributed by atoms with van der Waals surface area (Å²) in [6.07, 6.45) is -1.43. The number of benzene rings is 2. The molecule has 0 bridgehead atoms. The molecule has 0 unspecified atom stereocenters. The van der Waals surface area contributed by atoms with E-state index in [1.54, 1.807) is 51.3 Å². The molecule has 0 saturated carbocycles. The van der Waals surface area contributed by atoms with Crippen LogP contribution in [0, 0.1) is 16.7 Å². The summed E-state index contributed by atoms with van der Waals surface area (Å²) in [5.74, 6) is -11.3. The number of methoxy groups -OCH3 is 1. The van der Waals surface area contributed by atoms with Gasteiger partial charge in [0.2, 0.25) is 59.1 Å². The molecule has 2 rings (SSSR count). The van der Waals surface area contributed by atoms with Gasteiger partial charge in [-0.2, -0.15) is 0 Å². The molecular formula is C58H93N17O15. The van der Waals surface area contributed by atoms with Crippen molar-refractivity contribution in [3.8, 4) is 5.75 Å². The quantitative estimate of drug-likeness (QED) is 0.0172. The van der Waals surface area contributed by atoms with Crippen LogP contribution in [0.3, 0.4) is 0 Å². The number of hydrogen-bond donors (Lipinski definition) is 18. The van der Waals surface area contributed by atoms with Crippen molar-refractivity contribution in [1.29, 1.82) is 10.8 Å². The Morgan fingerprint density at radius 2 is 1.03 bits per heavy atom. The summed E-state index contributed by atoms with van der Waals surface area (Å²) in [4.78, 5) is 150. The molecule has 0 radical (unpaired) electrons. The van der Waals surface area contributed by atoms with Gasteiger partial charge in [-0.1, -0.05) is 56.3 Å². The molecule has 90 heavy (non-hydrogen) atoms. The molecule has 500 valence electrons. The Balaban J connectivity index is 2.50. The van der Waals surface area contributed by atoms with Gasteiger partial charge in [-0.3, -0.25) is 63.6 Å². The number of carboxylic acid groups (broad SMARTS) is 1. The smallest absolute Gasteiger partial charge is 0.303 e. The molecule has 0 aliphatic rings. The number of carbonyl (C=O) groups excluding carboxylic acids is 10. The number of ether oxygens (including phenoxy) is 2. The van der Waals surface area contributed by atoms with E-state index in [4.69, 9.17) is 43.2 Å². The molecule has 0 aliphatic carbocycles. The average Bonchev–Trinajstić information content (AvgIpc) is 2.11. The van der Waals surface area contributed by atoms with Crippen molar-refractivity contribution in [2.75, 3.05) is 60.2 Å². The van der Waals surface area contributed by atoms with Gasteiger partial charge in [0, 0.05) is 66.1 Å². The number of guanidine groups is 2. The highest BCUT2D eigenvalue weighted by molar-refractivity contribution is 5.98. The fourth-order valence-electron chi connectivity index (χ4n) is 8.79. The second-order valence-corrected chi connectivity index (χ2v) is 21.7. The Labute approximate surface area is 523 Å². The van der Waals surface area contributed by atoms with Gasteiger partial charge in [-0.15, -0.1) is 0 Å². The van der Waals surface area contributed by atoms with Crippen LogP contribution < -0.4 is 76.1 Å². The average molecular weight is 1270 g/mol. The molecule has 22 N–H and O–H groups in total. The van der Waals surface area contributed by atoms with Crippen molar-refractivity contribution in [2.45, 2.75) is 146 Å². The number of nitrogens with zero attached hydrogens (tertiary/aromatic N) is 1. The number of phenols is 1. The maximum absolute atomic E-state index is 14.7. The van der Waals surface area contributed by atoms with Gasteiger partial charge in [-0.05, 0) is 87.6 Å². The maximum atomic E-state index is 14.7. The number of amides is 10. The molecule has 0 heterocycles. The van der Waals surface area contributed by atoms with Gasteiger partial charge >= 0.3 is 5.97 Å². The van der Waals surface area contributed by atoms with E-state index < -0.39 is 133 Å². The van der Waals surface area contributed by atoms with Gasteiger partial charge in [0.05, 0.1) is 19.6 Å². The lowest BCUT2D eigenvalue weighted by atomic mass is 9.99. The zero-order valence-electron chi connectivity index (χ0n) is 51.8. The van der Waals surface area contributed by atoms with E-state index in [1.165, 1.54) is 38.2 Å². The number of carboxylic acids is 1. The summed E-state index contributed by atoms with van der Waals surface area (Å²) in [5, 5.41) is 61.2. The first-order valence-electron chi connectivity index (χ1n) is 29.5. The minimum absolute atomic E-state index is 0.0445. The predicted octanol–water partition coefficient (Wildman–Crippen LogP) is -3.75. The number of aromatic hydroxyl groups is 1. The van der Waals surface area contributed by atoms with Crippen molar-refractivity contribution in [1.82, 2.24) is 58.1 Å². The van der Waals surface area contributed by atoms with E-state index >= 15 is 0 Å². The Kier molecular flexibility index (Phi) is 35.8. The maximum Gasteiger partial charge on any atom is 0.303 e. The van der Waals surface area contributed by atoms with Crippen LogP contribution in [0.5, 0.6) is 5.75 Å². The molecule has 0 aliphatic heterocycles. The van der Waals surface area contributed by atoms with Crippen LogP contribution in [-0.2, 0) is 75.1 Å². The molecule has 0 spiro atoms. The second kappa shape index (κ2) is 41.9. The highest BCUT2D eigenvalue weighted by Gasteiger charge is 2.36. The van der Waals surface area contributed by atoms with E-state index in [2.05, 4.69) is 53.2 Å². The van der Waals surface area contributed by atoms with E-state index in [0.717, 1.165) is 4.90 Å². The minimum Gasteiger partial charge on any atom is -0.508 e. The summed E-state index contributed by atoms with van der Waals surface area (Å²) < 4.78 is 10.4. The minimum atomic E-state index is -1.59. The highest BCUT2D eigenvalue weighted by atomic mass is 16.5. The van der Waals surface area contributed by atoms with Crippen LogP contribution in [-0.4, -0.2) is 201 Å². The summed E-state index contributed by atoms with van der Waals surface area (Å²) in [6.45, 7) is 7.10. The standard InChI is InChI=1S/C58H93N17O15/c1-34(2)30-43(73-52(84)40(20-21-48(79)80)70-54(86)44(32-37-16-18-38(76)19-17-37)68-47(78)22-26-65-23-11-27-90-29-28-89-5)53(85)74-45(31-36-12-7-6-8-13-36)55(87)71-41(15-10-25-67-58(63)64)56(88)75(4)35(3)50(82)69-39(14-9-24-66-57(61)62)51(83)72-42(49(60)81)33-46(59)77/h6-8,12-13,16-19,34-35,39-45,65,76H,9-11,14-15,20-33H2,1-5H3,(H2,59,77)(H2,60,81)(H,68,78)(H,69,82)(H,70,86)(H,71,87)(H,72,83)(H,73,84)(H,74,85)(H,79,80)(H4,61,62,66)(H4,63,64,67)/t35-,39-,40-,41-,42-,43-,44-,45-/m0/s1. The fourth-order valence-corrected chi connectivity index (χ4v) is 8.79. The lowest BCUT2D eigenvalue weighted by molar-refractivity contribution is -0.142. The third-order valence-corrected chi connectivity index (χ3v) is 13.8. The summed E-state index contributed by atoms with van der Waals surface area (Å²) in [6, 6.07) is 2.75. The Bertz CT molecular complexity index is 2690. The molecule has 10 amide bonds. The Morgan fingerprint density at radius 1 is 0.544 bits per heavy atom. The third-order valence-electron chi connectivity index (χ3n) is 13.8. The SMILES string of the molecule is COCCOCCCNCCC(=O)N[C@@H](Cc1ccc(O)cc1)C(=O)N[C@@H](CCC(=O)O)C(=O)N[C@@H](CC(C)C)C(=O)N[C@@H](Cc1ccccc1)C(=O)N[C@@H](CCCNC(=N)N)C(=O)N(C)[C@@H](C)C(=O)N[C@@H](CCCNC(=N)N)C(=O)N[C@@H](CC(N)=O)C(N)=O. The van der Waals surface area contributed by atoms with E-state index in [-0.39, 0.29) is 94.6 Å². The largest absolute Gasteiger partial charge is 0.508 e. The number of hydrogen-bond acceptors (Lipinski definition) is 17. The molecule has 2 aromatic carbocycles. The van der Waals surface area contributed by atoms with E-state index in [0.29, 0.717) is 43.9 Å². The number of primary amides is 2. The topological polar surface area (TPSA) is 522 Å². The molecule has 0 aromatic heterocycles. The third kappa shape index (κ3) is 31.7. The Morgan fingerprint density at radius 3 is 1.58 bits per heavy atom. The zero-order valence-corrected chi connectivity index (χ0v) is 51.8. The van der Waals surface area contributed by atoms with E-state index in [9.17, 15) is 63.0 Å². The first-order valence-corrected chi connectivity index (χ1v) is 29.5. The van der Waals surface area contributed by atoms with Gasteiger partial charge in [0.15, 0.2) is 11.9 Å². The number of carbonyl (C=O) groups is 11. The first-order chi connectivity index (χ1) is 42.6. The van der Waals surface area contributed by atoms with Crippen LogP contribution in [0.4, 0.5) is 0 Å². The lowest BCUT2D eigenvalue weighted by Gasteiger charge is -2.31. The molecule has 2 aromatic rings. The van der Waals surface area contributed by atoms with Crippen molar-refractivity contribution in [2.24, 2.45) is 28.9 Å². The number of rotatable bonds is 45. The van der Waals surface area contributed by atoms with Crippen molar-refractivity contribution in [3.63, 3.8) is 0 Å². The monoisotopic (exact) mass is 1270 g/mol. The fraction of sp³-hybridized carbons (Fsp3) is 0.569. The number of nitrogens with two attached hydrogens (primary N) is 4. The van der Waals surface area contributed by atoms with Crippen LogP contribution in [0.2, 0.25) is 0 Å². The molecular weight excluding hydrogens is 1170 g/mol. The number of aliphatic carboxylic acids is 1. The van der Waals surface area contributed by atoms with Crippen molar-refractivity contribution < 1.29 is 72.4 Å². The summed E-state index contributed by atoms with van der Waals surface area (Å²) in [7, 11) is 2.82. The second-order valence-electron chi connectivity index (χ2n) is 21.7. The number of nitrogens with one attached hydrogen (secondary N) is 12. The van der Waals surface area contributed by atoms with Gasteiger partial charge in [-0.25, -0.2) is 0 Å². The predicted molar refractivity (Wildman–Crippen MR) is 330 cm³/mol. The molecule has 8 atom stereocenters.